The number of rotatable bonds is 9. The highest BCUT2D eigenvalue weighted by atomic mass is 16.5. The number of furan rings is 1. The summed E-state index contributed by atoms with van der Waals surface area (Å²) in [5.41, 5.74) is 2.95. The van der Waals surface area contributed by atoms with Crippen LogP contribution in [0.15, 0.2) is 95.9 Å². The molecule has 4 aromatic rings. The van der Waals surface area contributed by atoms with Crippen LogP contribution >= 0.6 is 0 Å². The molecule has 1 N–H and O–H groups in total. The van der Waals surface area contributed by atoms with Gasteiger partial charge in [0.25, 0.3) is 0 Å². The smallest absolute Gasteiger partial charge is 0.244 e. The van der Waals surface area contributed by atoms with Crippen LogP contribution in [-0.4, -0.2) is 51.8 Å². The molecule has 1 aliphatic heterocycles. The van der Waals surface area contributed by atoms with Crippen LogP contribution in [0, 0.1) is 5.92 Å². The van der Waals surface area contributed by atoms with Crippen molar-refractivity contribution in [3.05, 3.63) is 103 Å². The summed E-state index contributed by atoms with van der Waals surface area (Å²) in [5, 5.41) is 3.08. The molecule has 2 atom stereocenters. The number of para-hydroxylation sites is 1. The van der Waals surface area contributed by atoms with Crippen molar-refractivity contribution in [2.75, 3.05) is 13.1 Å². The third-order valence-corrected chi connectivity index (χ3v) is 7.27. The average molecular weight is 553 g/mol. The Morgan fingerprint density at radius 3 is 2.54 bits per heavy atom. The second kappa shape index (κ2) is 12.8. The van der Waals surface area contributed by atoms with Crippen LogP contribution < -0.4 is 10.1 Å². The molecule has 1 aliphatic rings. The van der Waals surface area contributed by atoms with Crippen LogP contribution in [0.25, 0.3) is 11.3 Å². The molecule has 1 saturated heterocycles. The molecule has 0 radical (unpaired) electrons. The van der Waals surface area contributed by atoms with Gasteiger partial charge in [0.2, 0.25) is 11.8 Å². The topological polar surface area (TPSA) is 87.9 Å². The Kier molecular flexibility index (Phi) is 8.79. The molecule has 2 amide bonds. The van der Waals surface area contributed by atoms with E-state index in [2.05, 4.69) is 15.2 Å². The van der Waals surface area contributed by atoms with E-state index >= 15 is 0 Å². The fourth-order valence-corrected chi connectivity index (χ4v) is 5.23. The molecule has 0 saturated carbocycles. The minimum absolute atomic E-state index is 0.0135. The first kappa shape index (κ1) is 28.1. The van der Waals surface area contributed by atoms with Crippen molar-refractivity contribution in [2.45, 2.75) is 45.9 Å². The van der Waals surface area contributed by atoms with Gasteiger partial charge in [-0.1, -0.05) is 56.3 Å². The van der Waals surface area contributed by atoms with Crippen LogP contribution in [0.3, 0.4) is 0 Å². The maximum absolute atomic E-state index is 13.6. The van der Waals surface area contributed by atoms with Gasteiger partial charge in [-0.05, 0) is 42.8 Å². The zero-order valence-corrected chi connectivity index (χ0v) is 23.7. The van der Waals surface area contributed by atoms with Gasteiger partial charge in [0.05, 0.1) is 12.5 Å². The number of carbonyl (C=O) groups is 2. The third kappa shape index (κ3) is 6.84. The molecule has 1 fully saturated rings. The number of ether oxygens (including phenoxy) is 1. The number of nitrogens with one attached hydrogen (secondary N) is 1. The Morgan fingerprint density at radius 1 is 1.02 bits per heavy atom. The van der Waals surface area contributed by atoms with Gasteiger partial charge in [-0.2, -0.15) is 0 Å². The van der Waals surface area contributed by atoms with Crippen LogP contribution in [0.1, 0.15) is 31.9 Å². The van der Waals surface area contributed by atoms with Gasteiger partial charge in [-0.25, -0.2) is 0 Å². The van der Waals surface area contributed by atoms with Crippen molar-refractivity contribution in [2.24, 2.45) is 5.92 Å². The first-order valence-corrected chi connectivity index (χ1v) is 14.0. The number of benzene rings is 2. The van der Waals surface area contributed by atoms with Crippen molar-refractivity contribution in [1.82, 2.24) is 20.1 Å². The quantitative estimate of drug-likeness (QED) is 0.295. The van der Waals surface area contributed by atoms with Crippen molar-refractivity contribution >= 4 is 11.8 Å². The number of aromatic nitrogens is 1. The van der Waals surface area contributed by atoms with E-state index in [-0.39, 0.29) is 23.8 Å². The van der Waals surface area contributed by atoms with Crippen molar-refractivity contribution < 1.29 is 18.7 Å². The number of hydrogen-bond donors (Lipinski definition) is 1. The summed E-state index contributed by atoms with van der Waals surface area (Å²) in [6.45, 7) is 7.80. The van der Waals surface area contributed by atoms with Gasteiger partial charge < -0.3 is 19.4 Å². The van der Waals surface area contributed by atoms with E-state index in [0.29, 0.717) is 31.9 Å². The van der Waals surface area contributed by atoms with Crippen LogP contribution in [0.4, 0.5) is 0 Å². The van der Waals surface area contributed by atoms with Crippen LogP contribution in [-0.2, 0) is 22.7 Å². The number of nitrogens with zero attached hydrogens (tertiary/aromatic N) is 3. The fraction of sp³-hybridized carbons (Fsp3) is 0.303. The molecular weight excluding hydrogens is 516 g/mol. The summed E-state index contributed by atoms with van der Waals surface area (Å²) in [4.78, 5) is 35.0. The van der Waals surface area contributed by atoms with Gasteiger partial charge in [-0.15, -0.1) is 0 Å². The Balaban J connectivity index is 1.30. The molecule has 2 aromatic carbocycles. The lowest BCUT2D eigenvalue weighted by molar-refractivity contribution is -0.150. The SMILES string of the molecule is CC(C)C(=O)N1C(C)CN(Cc2ccccc2Oc2cccnc2)CC1C(=O)NCc1ccc(-c2ccco2)cc1. The molecular formula is C33H36N4O4. The van der Waals surface area contributed by atoms with Crippen molar-refractivity contribution in [1.29, 1.82) is 0 Å². The highest BCUT2D eigenvalue weighted by Crippen LogP contribution is 2.28. The summed E-state index contributed by atoms with van der Waals surface area (Å²) in [5.74, 6) is 1.82. The van der Waals surface area contributed by atoms with Gasteiger partial charge >= 0.3 is 0 Å². The molecule has 2 unspecified atom stereocenters. The van der Waals surface area contributed by atoms with Gasteiger partial charge in [0.1, 0.15) is 23.3 Å². The Bertz CT molecular complexity index is 1440. The minimum atomic E-state index is -0.609. The fourth-order valence-electron chi connectivity index (χ4n) is 5.23. The van der Waals surface area contributed by atoms with Gasteiger partial charge in [0, 0.05) is 55.5 Å². The normalized spacial score (nSPS) is 17.4. The molecule has 0 bridgehead atoms. The van der Waals surface area contributed by atoms with Gasteiger partial charge in [0.15, 0.2) is 0 Å². The van der Waals surface area contributed by atoms with E-state index in [0.717, 1.165) is 28.2 Å². The predicted molar refractivity (Wildman–Crippen MR) is 157 cm³/mol. The van der Waals surface area contributed by atoms with E-state index in [9.17, 15) is 9.59 Å². The van der Waals surface area contributed by atoms with Crippen LogP contribution in [0.5, 0.6) is 11.5 Å². The number of amides is 2. The molecule has 8 heteroatoms. The lowest BCUT2D eigenvalue weighted by atomic mass is 10.0. The molecule has 41 heavy (non-hydrogen) atoms. The van der Waals surface area contributed by atoms with Crippen LogP contribution in [0.2, 0.25) is 0 Å². The van der Waals surface area contributed by atoms with Crippen molar-refractivity contribution in [3.63, 3.8) is 0 Å². The maximum atomic E-state index is 13.6. The lowest BCUT2D eigenvalue weighted by Gasteiger charge is -2.45. The van der Waals surface area contributed by atoms with E-state index in [1.807, 2.05) is 93.6 Å². The Labute approximate surface area is 240 Å². The van der Waals surface area contributed by atoms with E-state index in [1.165, 1.54) is 0 Å². The van der Waals surface area contributed by atoms with Gasteiger partial charge in [-0.3, -0.25) is 19.5 Å². The lowest BCUT2D eigenvalue weighted by Crippen LogP contribution is -2.64. The Hall–Kier alpha value is -4.43. The minimum Gasteiger partial charge on any atom is -0.464 e. The molecule has 0 aliphatic carbocycles. The average Bonchev–Trinajstić information content (AvgIpc) is 3.52. The predicted octanol–water partition coefficient (Wildman–Crippen LogP) is 5.51. The summed E-state index contributed by atoms with van der Waals surface area (Å²) in [7, 11) is 0. The molecule has 2 aromatic heterocycles. The molecule has 212 valence electrons. The highest BCUT2D eigenvalue weighted by molar-refractivity contribution is 5.89. The summed E-state index contributed by atoms with van der Waals surface area (Å²) in [6.07, 6.45) is 5.04. The standard InChI is InChI=1S/C33H36N4O4/c1-23(2)33(39)37-24(3)20-36(21-27-8-4-5-10-31(27)41-28-9-6-16-34-19-28)22-29(37)32(38)35-18-25-12-14-26(15-13-25)30-11-7-17-40-30/h4-17,19,23-24,29H,18,20-22H2,1-3H3,(H,35,38). The maximum Gasteiger partial charge on any atom is 0.244 e. The van der Waals surface area contributed by atoms with E-state index in [4.69, 9.17) is 9.15 Å². The first-order chi connectivity index (χ1) is 19.9. The second-order valence-corrected chi connectivity index (χ2v) is 10.7. The number of hydrogen-bond acceptors (Lipinski definition) is 6. The highest BCUT2D eigenvalue weighted by Gasteiger charge is 2.40. The summed E-state index contributed by atoms with van der Waals surface area (Å²) >= 11 is 0. The molecule has 3 heterocycles. The van der Waals surface area contributed by atoms with E-state index in [1.54, 1.807) is 23.6 Å². The largest absolute Gasteiger partial charge is 0.464 e. The number of pyridine rings is 1. The summed E-state index contributed by atoms with van der Waals surface area (Å²) in [6, 6.07) is 22.5. The zero-order valence-electron chi connectivity index (χ0n) is 23.7. The number of piperazine rings is 1. The Morgan fingerprint density at radius 2 is 1.83 bits per heavy atom. The molecule has 0 spiro atoms. The monoisotopic (exact) mass is 552 g/mol. The molecule has 5 rings (SSSR count). The third-order valence-electron chi connectivity index (χ3n) is 7.27. The zero-order chi connectivity index (χ0) is 28.8. The number of carbonyl (C=O) groups excluding carboxylic acids is 2. The molecule has 8 nitrogen and oxygen atoms in total. The van der Waals surface area contributed by atoms with E-state index < -0.39 is 6.04 Å². The van der Waals surface area contributed by atoms with Crippen molar-refractivity contribution in [3.8, 4) is 22.8 Å². The summed E-state index contributed by atoms with van der Waals surface area (Å²) < 4.78 is 11.6. The second-order valence-electron chi connectivity index (χ2n) is 10.7. The first-order valence-electron chi connectivity index (χ1n) is 14.0.